The van der Waals surface area contributed by atoms with Gasteiger partial charge in [0, 0.05) is 5.69 Å². The van der Waals surface area contributed by atoms with Gasteiger partial charge >= 0.3 is 5.97 Å². The highest BCUT2D eigenvalue weighted by Crippen LogP contribution is 2.38. The molecule has 1 heterocycles. The number of anilines is 1. The van der Waals surface area contributed by atoms with Crippen LogP contribution >= 0.6 is 22.9 Å². The Morgan fingerprint density at radius 2 is 1.92 bits per heavy atom. The number of ether oxygens (including phenoxy) is 1. The highest BCUT2D eigenvalue weighted by atomic mass is 35.5. The van der Waals surface area contributed by atoms with Crippen LogP contribution in [0.25, 0.3) is 10.1 Å². The third-order valence-electron chi connectivity index (χ3n) is 3.65. The van der Waals surface area contributed by atoms with Crippen LogP contribution in [0.15, 0.2) is 46.7 Å². The van der Waals surface area contributed by atoms with Crippen molar-refractivity contribution in [1.29, 1.82) is 0 Å². The summed E-state index contributed by atoms with van der Waals surface area (Å²) in [6.07, 6.45) is 0. The lowest BCUT2D eigenvalue weighted by Gasteiger charge is -2.08. The van der Waals surface area contributed by atoms with Crippen molar-refractivity contribution in [3.63, 3.8) is 0 Å². The van der Waals surface area contributed by atoms with E-state index in [1.165, 1.54) is 13.2 Å². The van der Waals surface area contributed by atoms with Crippen LogP contribution in [0.3, 0.4) is 0 Å². The smallest absolute Gasteiger partial charge is 0.337 e. The molecular formula is C17H14ClNO4S2. The van der Waals surface area contributed by atoms with E-state index in [0.717, 1.165) is 21.4 Å². The van der Waals surface area contributed by atoms with Crippen LogP contribution in [0.4, 0.5) is 5.69 Å². The number of carbonyl (C=O) groups is 1. The topological polar surface area (TPSA) is 72.5 Å². The number of benzene rings is 2. The summed E-state index contributed by atoms with van der Waals surface area (Å²) in [6.45, 7) is 1.74. The molecule has 0 fully saturated rings. The molecule has 0 atom stereocenters. The highest BCUT2D eigenvalue weighted by molar-refractivity contribution is 7.94. The maximum Gasteiger partial charge on any atom is 0.337 e. The molecule has 0 aliphatic heterocycles. The van der Waals surface area contributed by atoms with Gasteiger partial charge < -0.3 is 4.74 Å². The molecule has 0 unspecified atom stereocenters. The van der Waals surface area contributed by atoms with E-state index in [1.54, 1.807) is 37.3 Å². The lowest BCUT2D eigenvalue weighted by Crippen LogP contribution is -2.13. The van der Waals surface area contributed by atoms with E-state index >= 15 is 0 Å². The van der Waals surface area contributed by atoms with Gasteiger partial charge in [-0.1, -0.05) is 29.8 Å². The van der Waals surface area contributed by atoms with Gasteiger partial charge in [-0.3, -0.25) is 4.72 Å². The number of nitrogens with one attached hydrogen (secondary N) is 1. The molecule has 0 spiro atoms. The van der Waals surface area contributed by atoms with Crippen LogP contribution in [-0.2, 0) is 14.8 Å². The third kappa shape index (κ3) is 3.35. The predicted octanol–water partition coefficient (Wildman–Crippen LogP) is 4.45. The monoisotopic (exact) mass is 395 g/mol. The number of methoxy groups -OCH3 is 1. The van der Waals surface area contributed by atoms with Crippen molar-refractivity contribution in [3.05, 3.63) is 58.6 Å². The Morgan fingerprint density at radius 3 is 2.60 bits per heavy atom. The second kappa shape index (κ2) is 6.67. The maximum absolute atomic E-state index is 12.8. The largest absolute Gasteiger partial charge is 0.465 e. The van der Waals surface area contributed by atoms with Crippen molar-refractivity contribution in [3.8, 4) is 0 Å². The van der Waals surface area contributed by atoms with Gasteiger partial charge in [-0.05, 0) is 42.1 Å². The van der Waals surface area contributed by atoms with Gasteiger partial charge in [-0.15, -0.1) is 11.3 Å². The summed E-state index contributed by atoms with van der Waals surface area (Å²) in [6, 6.07) is 11.5. The van der Waals surface area contributed by atoms with Crippen LogP contribution in [0, 0.1) is 6.92 Å². The minimum atomic E-state index is -3.81. The van der Waals surface area contributed by atoms with Crippen molar-refractivity contribution in [2.45, 2.75) is 11.1 Å². The molecule has 8 heteroatoms. The summed E-state index contributed by atoms with van der Waals surface area (Å²) in [4.78, 5) is 11.6. The zero-order valence-corrected chi connectivity index (χ0v) is 15.8. The summed E-state index contributed by atoms with van der Waals surface area (Å²) in [7, 11) is -2.55. The normalized spacial score (nSPS) is 11.5. The molecule has 25 heavy (non-hydrogen) atoms. The first kappa shape index (κ1) is 17.7. The van der Waals surface area contributed by atoms with Gasteiger partial charge in [0.15, 0.2) is 0 Å². The Kier molecular flexibility index (Phi) is 4.73. The molecule has 3 rings (SSSR count). The molecule has 0 saturated heterocycles. The van der Waals surface area contributed by atoms with E-state index in [-0.39, 0.29) is 15.5 Å². The molecule has 0 saturated carbocycles. The fourth-order valence-electron chi connectivity index (χ4n) is 2.47. The number of fused-ring (bicyclic) bond motifs is 1. The summed E-state index contributed by atoms with van der Waals surface area (Å²) in [5, 5.41) is 1.32. The van der Waals surface area contributed by atoms with Crippen LogP contribution in [0.5, 0.6) is 0 Å². The fraction of sp³-hybridized carbons (Fsp3) is 0.118. The predicted molar refractivity (Wildman–Crippen MR) is 100 cm³/mol. The zero-order valence-electron chi connectivity index (χ0n) is 13.4. The van der Waals surface area contributed by atoms with Crippen LogP contribution in [0.2, 0.25) is 5.02 Å². The van der Waals surface area contributed by atoms with Gasteiger partial charge in [-0.25, -0.2) is 13.2 Å². The van der Waals surface area contributed by atoms with Gasteiger partial charge in [-0.2, -0.15) is 0 Å². The number of esters is 1. The summed E-state index contributed by atoms with van der Waals surface area (Å²) in [5.74, 6) is -0.536. The molecule has 3 aromatic rings. The first-order valence-corrected chi connectivity index (χ1v) is 9.90. The molecule has 5 nitrogen and oxygen atoms in total. The SMILES string of the molecule is COC(=O)c1cccc(NS(=O)(=O)c2sc3c(Cl)cccc3c2C)c1. The maximum atomic E-state index is 12.8. The number of hydrogen-bond acceptors (Lipinski definition) is 5. The second-order valence-electron chi connectivity index (χ2n) is 5.31. The average molecular weight is 396 g/mol. The molecule has 0 aliphatic rings. The Labute approximate surface area is 154 Å². The van der Waals surface area contributed by atoms with E-state index < -0.39 is 16.0 Å². The zero-order chi connectivity index (χ0) is 18.2. The summed E-state index contributed by atoms with van der Waals surface area (Å²) >= 11 is 7.29. The van der Waals surface area contributed by atoms with Crippen molar-refractivity contribution in [1.82, 2.24) is 0 Å². The molecule has 130 valence electrons. The molecular weight excluding hydrogens is 382 g/mol. The fourth-order valence-corrected chi connectivity index (χ4v) is 5.56. The quantitative estimate of drug-likeness (QED) is 0.662. The lowest BCUT2D eigenvalue weighted by atomic mass is 10.2. The van der Waals surface area contributed by atoms with E-state index in [9.17, 15) is 13.2 Å². The van der Waals surface area contributed by atoms with Gasteiger partial charge in [0.2, 0.25) is 0 Å². The van der Waals surface area contributed by atoms with Crippen molar-refractivity contribution in [2.75, 3.05) is 11.8 Å². The molecule has 1 aromatic heterocycles. The number of carbonyl (C=O) groups excluding carboxylic acids is 1. The number of sulfonamides is 1. The van der Waals surface area contributed by atoms with Crippen LogP contribution < -0.4 is 4.72 Å². The van der Waals surface area contributed by atoms with Crippen LogP contribution in [-0.4, -0.2) is 21.5 Å². The molecule has 1 N–H and O–H groups in total. The van der Waals surface area contributed by atoms with Gasteiger partial charge in [0.05, 0.1) is 22.4 Å². The molecule has 0 amide bonds. The second-order valence-corrected chi connectivity index (χ2v) is 8.61. The third-order valence-corrected chi connectivity index (χ3v) is 7.42. The Balaban J connectivity index is 2.02. The van der Waals surface area contributed by atoms with Crippen LogP contribution in [0.1, 0.15) is 15.9 Å². The first-order valence-electron chi connectivity index (χ1n) is 7.22. The Hall–Kier alpha value is -2.09. The lowest BCUT2D eigenvalue weighted by molar-refractivity contribution is 0.0601. The van der Waals surface area contributed by atoms with E-state index in [4.69, 9.17) is 11.6 Å². The standard InChI is InChI=1S/C17H14ClNO4S2/c1-10-13-7-4-8-14(18)15(13)24-17(10)25(21,22)19-12-6-3-5-11(9-12)16(20)23-2/h3-9,19H,1-2H3. The van der Waals surface area contributed by atoms with Gasteiger partial charge in [0.25, 0.3) is 10.0 Å². The van der Waals surface area contributed by atoms with Crippen molar-refractivity contribution in [2.24, 2.45) is 0 Å². The number of thiophene rings is 1. The van der Waals surface area contributed by atoms with E-state index in [1.807, 2.05) is 6.07 Å². The molecule has 0 aliphatic carbocycles. The van der Waals surface area contributed by atoms with Gasteiger partial charge in [0.1, 0.15) is 4.21 Å². The average Bonchev–Trinajstić information content (AvgIpc) is 2.93. The van der Waals surface area contributed by atoms with Crippen molar-refractivity contribution >= 4 is 54.7 Å². The molecule has 0 radical (unpaired) electrons. The number of halogens is 1. The summed E-state index contributed by atoms with van der Waals surface area (Å²) < 4.78 is 33.7. The van der Waals surface area contributed by atoms with Crippen molar-refractivity contribution < 1.29 is 17.9 Å². The Bertz CT molecular complexity index is 1070. The molecule has 0 bridgehead atoms. The number of aryl methyl sites for hydroxylation is 1. The number of rotatable bonds is 4. The Morgan fingerprint density at radius 1 is 1.20 bits per heavy atom. The molecule has 2 aromatic carbocycles. The first-order chi connectivity index (χ1) is 11.8. The summed E-state index contributed by atoms with van der Waals surface area (Å²) in [5.41, 5.74) is 1.18. The number of hydrogen-bond donors (Lipinski definition) is 1. The van der Waals surface area contributed by atoms with E-state index in [0.29, 0.717) is 10.6 Å². The highest BCUT2D eigenvalue weighted by Gasteiger charge is 2.23. The minimum Gasteiger partial charge on any atom is -0.465 e. The van der Waals surface area contributed by atoms with E-state index in [2.05, 4.69) is 9.46 Å². The minimum absolute atomic E-state index is 0.194.